The van der Waals surface area contributed by atoms with Gasteiger partial charge in [0.1, 0.15) is 5.75 Å². The standard InChI is InChI=1S/C20H25N3O4S/c1-3-27-19(25)15-5-4-10-23(11-15)12-18(24)22-20-21-17(13-28-20)14-6-8-16(26-2)9-7-14/h6-9,13,15H,3-5,10-12H2,1-2H3,(H,21,22,24)/t15-/m0/s1. The van der Waals surface area contributed by atoms with Crippen molar-refractivity contribution in [3.8, 4) is 17.0 Å². The van der Waals surface area contributed by atoms with E-state index in [1.165, 1.54) is 11.3 Å². The summed E-state index contributed by atoms with van der Waals surface area (Å²) in [5.74, 6) is 0.343. The summed E-state index contributed by atoms with van der Waals surface area (Å²) in [6, 6.07) is 7.62. The molecule has 1 aromatic carbocycles. The Balaban J connectivity index is 1.53. The minimum absolute atomic E-state index is 0.125. The van der Waals surface area contributed by atoms with Gasteiger partial charge >= 0.3 is 5.97 Å². The lowest BCUT2D eigenvalue weighted by Crippen LogP contribution is -2.43. The van der Waals surface area contributed by atoms with Gasteiger partial charge in [-0.05, 0) is 50.6 Å². The number of rotatable bonds is 7. The smallest absolute Gasteiger partial charge is 0.310 e. The highest BCUT2D eigenvalue weighted by Gasteiger charge is 2.27. The van der Waals surface area contributed by atoms with Crippen molar-refractivity contribution >= 4 is 28.3 Å². The molecule has 0 aliphatic carbocycles. The van der Waals surface area contributed by atoms with Crippen LogP contribution in [0.5, 0.6) is 5.75 Å². The van der Waals surface area contributed by atoms with Crippen molar-refractivity contribution < 1.29 is 19.1 Å². The monoisotopic (exact) mass is 403 g/mol. The van der Waals surface area contributed by atoms with E-state index >= 15 is 0 Å². The number of esters is 1. The zero-order valence-electron chi connectivity index (χ0n) is 16.1. The minimum Gasteiger partial charge on any atom is -0.497 e. The number of nitrogens with zero attached hydrogens (tertiary/aromatic N) is 2. The molecular formula is C20H25N3O4S. The SMILES string of the molecule is CCOC(=O)[C@H]1CCCN(CC(=O)Nc2nc(-c3ccc(OC)cc3)cs2)C1. The number of aromatic nitrogens is 1. The minimum atomic E-state index is -0.170. The third-order valence-electron chi connectivity index (χ3n) is 4.63. The number of amides is 1. The predicted molar refractivity (Wildman–Crippen MR) is 109 cm³/mol. The van der Waals surface area contributed by atoms with Gasteiger partial charge in [-0.1, -0.05) is 0 Å². The second-order valence-corrected chi connectivity index (χ2v) is 7.50. The predicted octanol–water partition coefficient (Wildman–Crippen LogP) is 3.03. The molecule has 8 heteroatoms. The van der Waals surface area contributed by atoms with Gasteiger partial charge in [-0.3, -0.25) is 14.5 Å². The number of anilines is 1. The Hall–Kier alpha value is -2.45. The first-order valence-corrected chi connectivity index (χ1v) is 10.3. The van der Waals surface area contributed by atoms with Crippen molar-refractivity contribution in [3.05, 3.63) is 29.6 Å². The van der Waals surface area contributed by atoms with Crippen molar-refractivity contribution in [1.29, 1.82) is 0 Å². The molecule has 1 N–H and O–H groups in total. The van der Waals surface area contributed by atoms with E-state index in [2.05, 4.69) is 10.3 Å². The quantitative estimate of drug-likeness (QED) is 0.716. The summed E-state index contributed by atoms with van der Waals surface area (Å²) in [5.41, 5.74) is 1.77. The normalized spacial score (nSPS) is 17.1. The molecule has 1 aromatic heterocycles. The molecule has 1 aliphatic heterocycles. The van der Waals surface area contributed by atoms with E-state index in [1.807, 2.05) is 34.5 Å². The maximum atomic E-state index is 12.4. The van der Waals surface area contributed by atoms with Gasteiger partial charge in [0.2, 0.25) is 5.91 Å². The molecule has 1 atom stereocenters. The van der Waals surface area contributed by atoms with Gasteiger partial charge in [-0.15, -0.1) is 11.3 Å². The molecule has 2 aromatic rings. The summed E-state index contributed by atoms with van der Waals surface area (Å²) in [6.45, 7) is 3.80. The largest absolute Gasteiger partial charge is 0.497 e. The number of hydrogen-bond donors (Lipinski definition) is 1. The Bertz CT molecular complexity index is 806. The fraction of sp³-hybridized carbons (Fsp3) is 0.450. The number of piperidine rings is 1. The van der Waals surface area contributed by atoms with Crippen LogP contribution in [0.15, 0.2) is 29.6 Å². The number of carbonyl (C=O) groups is 2. The first-order chi connectivity index (χ1) is 13.6. The molecule has 0 saturated carbocycles. The Kier molecular flexibility index (Phi) is 7.00. The third-order valence-corrected chi connectivity index (χ3v) is 5.39. The van der Waals surface area contributed by atoms with E-state index in [-0.39, 0.29) is 24.3 Å². The van der Waals surface area contributed by atoms with Gasteiger partial charge in [0.25, 0.3) is 0 Å². The summed E-state index contributed by atoms with van der Waals surface area (Å²) < 4.78 is 10.3. The summed E-state index contributed by atoms with van der Waals surface area (Å²) in [5, 5.41) is 5.33. The van der Waals surface area contributed by atoms with Crippen molar-refractivity contribution in [3.63, 3.8) is 0 Å². The molecule has 7 nitrogen and oxygen atoms in total. The van der Waals surface area contributed by atoms with Crippen LogP contribution in [0.25, 0.3) is 11.3 Å². The van der Waals surface area contributed by atoms with Crippen LogP contribution in [-0.2, 0) is 14.3 Å². The van der Waals surface area contributed by atoms with Gasteiger partial charge in [0, 0.05) is 17.5 Å². The molecule has 0 bridgehead atoms. The van der Waals surface area contributed by atoms with Crippen LogP contribution in [0, 0.1) is 5.92 Å². The highest BCUT2D eigenvalue weighted by Crippen LogP contribution is 2.26. The lowest BCUT2D eigenvalue weighted by atomic mass is 9.98. The molecular weight excluding hydrogens is 378 g/mol. The molecule has 0 unspecified atom stereocenters. The number of methoxy groups -OCH3 is 1. The van der Waals surface area contributed by atoms with E-state index in [0.717, 1.165) is 36.4 Å². The Morgan fingerprint density at radius 2 is 2.11 bits per heavy atom. The second kappa shape index (κ2) is 9.66. The topological polar surface area (TPSA) is 80.8 Å². The summed E-state index contributed by atoms with van der Waals surface area (Å²) >= 11 is 1.39. The summed E-state index contributed by atoms with van der Waals surface area (Å²) in [6.07, 6.45) is 1.70. The highest BCUT2D eigenvalue weighted by molar-refractivity contribution is 7.14. The maximum Gasteiger partial charge on any atom is 0.310 e. The number of benzene rings is 1. The van der Waals surface area contributed by atoms with Crippen LogP contribution in [0.1, 0.15) is 19.8 Å². The highest BCUT2D eigenvalue weighted by atomic mass is 32.1. The maximum absolute atomic E-state index is 12.4. The Morgan fingerprint density at radius 1 is 1.32 bits per heavy atom. The lowest BCUT2D eigenvalue weighted by Gasteiger charge is -2.30. The number of thiazole rings is 1. The van der Waals surface area contributed by atoms with Crippen LogP contribution in [-0.4, -0.2) is 55.1 Å². The Labute approximate surface area is 168 Å². The molecule has 150 valence electrons. The zero-order valence-corrected chi connectivity index (χ0v) is 17.0. The third kappa shape index (κ3) is 5.30. The number of ether oxygens (including phenoxy) is 2. The van der Waals surface area contributed by atoms with Crippen LogP contribution >= 0.6 is 11.3 Å². The second-order valence-electron chi connectivity index (χ2n) is 6.64. The van der Waals surface area contributed by atoms with Crippen LogP contribution in [0.4, 0.5) is 5.13 Å². The van der Waals surface area contributed by atoms with Crippen molar-refractivity contribution in [2.24, 2.45) is 5.92 Å². The van der Waals surface area contributed by atoms with Crippen LogP contribution < -0.4 is 10.1 Å². The van der Waals surface area contributed by atoms with Crippen molar-refractivity contribution in [2.45, 2.75) is 19.8 Å². The molecule has 1 amide bonds. The van der Waals surface area contributed by atoms with E-state index in [9.17, 15) is 9.59 Å². The van der Waals surface area contributed by atoms with Gasteiger partial charge < -0.3 is 14.8 Å². The summed E-state index contributed by atoms with van der Waals surface area (Å²) in [4.78, 5) is 30.8. The van der Waals surface area contributed by atoms with E-state index in [4.69, 9.17) is 9.47 Å². The molecule has 3 rings (SSSR count). The number of hydrogen-bond acceptors (Lipinski definition) is 7. The van der Waals surface area contributed by atoms with Crippen molar-refractivity contribution in [2.75, 3.05) is 38.7 Å². The van der Waals surface area contributed by atoms with Crippen molar-refractivity contribution in [1.82, 2.24) is 9.88 Å². The van der Waals surface area contributed by atoms with Crippen LogP contribution in [0.2, 0.25) is 0 Å². The first kappa shape index (κ1) is 20.3. The average molecular weight is 404 g/mol. The van der Waals surface area contributed by atoms with E-state index in [1.54, 1.807) is 14.0 Å². The van der Waals surface area contributed by atoms with Gasteiger partial charge in [-0.2, -0.15) is 0 Å². The summed E-state index contributed by atoms with van der Waals surface area (Å²) in [7, 11) is 1.63. The first-order valence-electron chi connectivity index (χ1n) is 9.38. The molecule has 2 heterocycles. The molecule has 1 aliphatic rings. The number of likely N-dealkylation sites (tertiary alicyclic amines) is 1. The molecule has 0 radical (unpaired) electrons. The lowest BCUT2D eigenvalue weighted by molar-refractivity contribution is -0.150. The van der Waals surface area contributed by atoms with Gasteiger partial charge in [0.15, 0.2) is 5.13 Å². The fourth-order valence-electron chi connectivity index (χ4n) is 3.24. The van der Waals surface area contributed by atoms with Gasteiger partial charge in [0.05, 0.1) is 31.9 Å². The molecule has 28 heavy (non-hydrogen) atoms. The van der Waals surface area contributed by atoms with E-state index in [0.29, 0.717) is 18.3 Å². The zero-order chi connectivity index (χ0) is 19.9. The van der Waals surface area contributed by atoms with Gasteiger partial charge in [-0.25, -0.2) is 4.98 Å². The van der Waals surface area contributed by atoms with Crippen LogP contribution in [0.3, 0.4) is 0 Å². The fourth-order valence-corrected chi connectivity index (χ4v) is 3.97. The Morgan fingerprint density at radius 3 is 2.82 bits per heavy atom. The molecule has 1 fully saturated rings. The average Bonchev–Trinajstić information content (AvgIpc) is 3.16. The number of carbonyl (C=O) groups excluding carboxylic acids is 2. The number of nitrogens with one attached hydrogen (secondary N) is 1. The molecule has 0 spiro atoms. The van der Waals surface area contributed by atoms with E-state index < -0.39 is 0 Å². The molecule has 1 saturated heterocycles.